The van der Waals surface area contributed by atoms with Crippen molar-refractivity contribution in [2.24, 2.45) is 0 Å². The number of halogens is 5. The highest BCUT2D eigenvalue weighted by Crippen LogP contribution is 2.22. The fourth-order valence-electron chi connectivity index (χ4n) is 1.64. The maximum atomic E-state index is 13.4. The summed E-state index contributed by atoms with van der Waals surface area (Å²) in [5.74, 6) is -14.0. The van der Waals surface area contributed by atoms with Crippen molar-refractivity contribution < 1.29 is 31.5 Å². The van der Waals surface area contributed by atoms with Crippen molar-refractivity contribution >= 4 is 11.8 Å². The number of hydrogen-bond acceptors (Lipinski definition) is 2. The van der Waals surface area contributed by atoms with E-state index in [9.17, 15) is 31.5 Å². The van der Waals surface area contributed by atoms with Crippen LogP contribution in [-0.2, 0) is 0 Å². The first-order valence-electron chi connectivity index (χ1n) is 6.01. The molecule has 0 aliphatic rings. The van der Waals surface area contributed by atoms with E-state index >= 15 is 0 Å². The predicted octanol–water partition coefficient (Wildman–Crippen LogP) is 2.46. The van der Waals surface area contributed by atoms with Gasteiger partial charge >= 0.3 is 0 Å². The van der Waals surface area contributed by atoms with Gasteiger partial charge in [-0.05, 0) is 12.1 Å². The minimum atomic E-state index is -2.38. The lowest BCUT2D eigenvalue weighted by Crippen LogP contribution is -2.42. The standard InChI is InChI=1S/C14H7F5N2O2/c15-8-7(9(16)11(18)12(19)10(8)17)14(23)21-20-13(22)6-4-2-1-3-5-6/h1-5H,(H,20,22)(H,21,23). The number of rotatable bonds is 2. The van der Waals surface area contributed by atoms with Crippen LogP contribution in [0.5, 0.6) is 0 Å². The molecule has 0 aliphatic heterocycles. The van der Waals surface area contributed by atoms with Gasteiger partial charge in [0.05, 0.1) is 0 Å². The summed E-state index contributed by atoms with van der Waals surface area (Å²) in [4.78, 5) is 23.2. The van der Waals surface area contributed by atoms with Gasteiger partial charge in [0.1, 0.15) is 5.56 Å². The Bertz CT molecular complexity index is 751. The molecule has 4 nitrogen and oxygen atoms in total. The minimum absolute atomic E-state index is 0.102. The topological polar surface area (TPSA) is 58.2 Å². The quantitative estimate of drug-likeness (QED) is 0.385. The van der Waals surface area contributed by atoms with Crippen molar-refractivity contribution in [3.63, 3.8) is 0 Å². The maximum Gasteiger partial charge on any atom is 0.275 e. The van der Waals surface area contributed by atoms with Crippen LogP contribution in [0, 0.1) is 29.1 Å². The highest BCUT2D eigenvalue weighted by Gasteiger charge is 2.29. The van der Waals surface area contributed by atoms with Gasteiger partial charge in [-0.1, -0.05) is 18.2 Å². The maximum absolute atomic E-state index is 13.4. The SMILES string of the molecule is O=C(NNC(=O)c1c(F)c(F)c(F)c(F)c1F)c1ccccc1. The number of hydrogen-bond donors (Lipinski definition) is 2. The monoisotopic (exact) mass is 330 g/mol. The summed E-state index contributed by atoms with van der Waals surface area (Å²) in [7, 11) is 0. The molecule has 9 heteroatoms. The molecular weight excluding hydrogens is 323 g/mol. The Labute approximate surface area is 125 Å². The third-order valence-corrected chi connectivity index (χ3v) is 2.76. The van der Waals surface area contributed by atoms with Gasteiger partial charge in [0, 0.05) is 5.56 Å². The van der Waals surface area contributed by atoms with Gasteiger partial charge in [-0.3, -0.25) is 20.4 Å². The Morgan fingerprint density at radius 1 is 0.652 bits per heavy atom. The summed E-state index contributed by atoms with van der Waals surface area (Å²) in [6.07, 6.45) is 0. The van der Waals surface area contributed by atoms with Crippen molar-refractivity contribution in [2.45, 2.75) is 0 Å². The van der Waals surface area contributed by atoms with E-state index < -0.39 is 46.5 Å². The van der Waals surface area contributed by atoms with Crippen LogP contribution < -0.4 is 10.9 Å². The van der Waals surface area contributed by atoms with Crippen LogP contribution in [0.2, 0.25) is 0 Å². The number of amides is 2. The molecule has 2 rings (SSSR count). The number of benzene rings is 2. The Balaban J connectivity index is 2.21. The van der Waals surface area contributed by atoms with E-state index in [0.29, 0.717) is 0 Å². The molecule has 0 unspecified atom stereocenters. The largest absolute Gasteiger partial charge is 0.275 e. The lowest BCUT2D eigenvalue weighted by atomic mass is 10.1. The van der Waals surface area contributed by atoms with Crippen molar-refractivity contribution in [3.8, 4) is 0 Å². The molecule has 0 saturated carbocycles. The van der Waals surface area contributed by atoms with Gasteiger partial charge in [-0.2, -0.15) is 0 Å². The molecule has 0 heterocycles. The van der Waals surface area contributed by atoms with Crippen LogP contribution in [0.3, 0.4) is 0 Å². The van der Waals surface area contributed by atoms with E-state index in [0.717, 1.165) is 0 Å². The molecule has 2 N–H and O–H groups in total. The Morgan fingerprint density at radius 3 is 1.61 bits per heavy atom. The molecule has 0 radical (unpaired) electrons. The fourth-order valence-corrected chi connectivity index (χ4v) is 1.64. The van der Waals surface area contributed by atoms with E-state index in [4.69, 9.17) is 0 Å². The third-order valence-electron chi connectivity index (χ3n) is 2.76. The Hall–Kier alpha value is -2.97. The van der Waals surface area contributed by atoms with Crippen molar-refractivity contribution in [1.29, 1.82) is 0 Å². The van der Waals surface area contributed by atoms with E-state index in [1.165, 1.54) is 24.3 Å². The normalized spacial score (nSPS) is 10.3. The van der Waals surface area contributed by atoms with E-state index in [1.807, 2.05) is 0 Å². The van der Waals surface area contributed by atoms with Crippen LogP contribution in [0.1, 0.15) is 20.7 Å². The number of carbonyl (C=O) groups is 2. The van der Waals surface area contributed by atoms with Crippen LogP contribution in [0.15, 0.2) is 30.3 Å². The summed E-state index contributed by atoms with van der Waals surface area (Å²) in [6.45, 7) is 0. The highest BCUT2D eigenvalue weighted by molar-refractivity contribution is 5.99. The van der Waals surface area contributed by atoms with Crippen LogP contribution in [-0.4, -0.2) is 11.8 Å². The average Bonchev–Trinajstić information content (AvgIpc) is 2.57. The zero-order valence-corrected chi connectivity index (χ0v) is 11.1. The number of hydrazine groups is 1. The lowest BCUT2D eigenvalue weighted by Gasteiger charge is -2.10. The first-order chi connectivity index (χ1) is 10.8. The van der Waals surface area contributed by atoms with Crippen molar-refractivity contribution in [1.82, 2.24) is 10.9 Å². The third kappa shape index (κ3) is 3.12. The van der Waals surface area contributed by atoms with Gasteiger partial charge in [-0.15, -0.1) is 0 Å². The van der Waals surface area contributed by atoms with E-state index in [1.54, 1.807) is 16.9 Å². The predicted molar refractivity (Wildman–Crippen MR) is 67.6 cm³/mol. The smallest absolute Gasteiger partial charge is 0.267 e. The molecular formula is C14H7F5N2O2. The van der Waals surface area contributed by atoms with Gasteiger partial charge in [0.15, 0.2) is 23.3 Å². The lowest BCUT2D eigenvalue weighted by molar-refractivity contribution is 0.0840. The molecule has 0 spiro atoms. The summed E-state index contributed by atoms with van der Waals surface area (Å²) in [6, 6.07) is 7.39. The van der Waals surface area contributed by atoms with Gasteiger partial charge in [0.2, 0.25) is 5.82 Å². The fraction of sp³-hybridized carbons (Fsp3) is 0. The Morgan fingerprint density at radius 2 is 1.09 bits per heavy atom. The molecule has 0 fully saturated rings. The van der Waals surface area contributed by atoms with Crippen molar-refractivity contribution in [3.05, 3.63) is 70.5 Å². The first-order valence-corrected chi connectivity index (χ1v) is 6.01. The first kappa shape index (κ1) is 16.4. The minimum Gasteiger partial charge on any atom is -0.267 e. The molecule has 0 bridgehead atoms. The second kappa shape index (κ2) is 6.42. The number of nitrogens with one attached hydrogen (secondary N) is 2. The molecule has 2 aromatic rings. The van der Waals surface area contributed by atoms with Crippen LogP contribution in [0.25, 0.3) is 0 Å². The molecule has 0 saturated heterocycles. The molecule has 120 valence electrons. The van der Waals surface area contributed by atoms with Gasteiger partial charge in [-0.25, -0.2) is 22.0 Å². The number of carbonyl (C=O) groups excluding carboxylic acids is 2. The van der Waals surface area contributed by atoms with Gasteiger partial charge in [0.25, 0.3) is 11.8 Å². The zero-order valence-electron chi connectivity index (χ0n) is 11.1. The summed E-state index contributed by atoms with van der Waals surface area (Å²) < 4.78 is 65.7. The molecule has 23 heavy (non-hydrogen) atoms. The second-order valence-corrected chi connectivity index (χ2v) is 4.22. The van der Waals surface area contributed by atoms with Crippen molar-refractivity contribution in [2.75, 3.05) is 0 Å². The summed E-state index contributed by atoms with van der Waals surface area (Å²) >= 11 is 0. The average molecular weight is 330 g/mol. The summed E-state index contributed by atoms with van der Waals surface area (Å²) in [5.41, 5.74) is 1.78. The molecule has 0 atom stereocenters. The van der Waals surface area contributed by atoms with E-state index in [2.05, 4.69) is 0 Å². The van der Waals surface area contributed by atoms with Gasteiger partial charge < -0.3 is 0 Å². The highest BCUT2D eigenvalue weighted by atomic mass is 19.2. The second-order valence-electron chi connectivity index (χ2n) is 4.22. The molecule has 2 amide bonds. The summed E-state index contributed by atoms with van der Waals surface area (Å²) in [5, 5.41) is 0. The van der Waals surface area contributed by atoms with E-state index in [-0.39, 0.29) is 5.56 Å². The molecule has 0 aliphatic carbocycles. The Kier molecular flexibility index (Phi) is 4.58. The molecule has 0 aromatic heterocycles. The molecule has 2 aromatic carbocycles. The van der Waals surface area contributed by atoms with Crippen LogP contribution >= 0.6 is 0 Å². The zero-order chi connectivity index (χ0) is 17.1. The van der Waals surface area contributed by atoms with Crippen LogP contribution in [0.4, 0.5) is 22.0 Å².